The molecule has 0 spiro atoms. The van der Waals surface area contributed by atoms with Gasteiger partial charge in [-0.25, -0.2) is 0 Å². The molecule has 0 atom stereocenters. The average Bonchev–Trinajstić information content (AvgIpc) is 2.86. The van der Waals surface area contributed by atoms with Crippen molar-refractivity contribution in [3.63, 3.8) is 0 Å². The Morgan fingerprint density at radius 1 is 1.00 bits per heavy atom. The summed E-state index contributed by atoms with van der Waals surface area (Å²) in [5, 5.41) is 12.8. The van der Waals surface area contributed by atoms with Gasteiger partial charge in [0.2, 0.25) is 5.91 Å². The number of hydrogen-bond donors (Lipinski definition) is 2. The number of para-hydroxylation sites is 2. The van der Waals surface area contributed by atoms with Crippen molar-refractivity contribution in [2.45, 2.75) is 12.0 Å². The van der Waals surface area contributed by atoms with Crippen molar-refractivity contribution in [2.75, 3.05) is 19.8 Å². The van der Waals surface area contributed by atoms with Crippen LogP contribution in [0.15, 0.2) is 60.7 Å². The van der Waals surface area contributed by atoms with E-state index >= 15 is 0 Å². The van der Waals surface area contributed by atoms with Crippen LogP contribution < -0.4 is 19.9 Å². The lowest BCUT2D eigenvalue weighted by atomic mass is 10.0. The molecule has 0 saturated heterocycles. The molecule has 3 aromatic carbocycles. The van der Waals surface area contributed by atoms with E-state index in [2.05, 4.69) is 0 Å². The van der Waals surface area contributed by atoms with Gasteiger partial charge in [0.05, 0.1) is 6.42 Å². The number of carbonyl (C=O) groups excluding carboxylic acids is 1. The maximum Gasteiger partial charge on any atom is 0.221 e. The molecule has 0 aromatic heterocycles. The minimum absolute atomic E-state index is 0.0340. The van der Waals surface area contributed by atoms with Crippen molar-refractivity contribution in [3.8, 4) is 17.2 Å². The normalized spacial score (nSPS) is 15.0. The minimum atomic E-state index is -1.26. The monoisotopic (exact) mass is 379 g/mol. The van der Waals surface area contributed by atoms with Crippen molar-refractivity contribution in [1.29, 1.82) is 0 Å². The zero-order valence-corrected chi connectivity index (χ0v) is 15.3. The number of rotatable bonds is 5. The fraction of sp³-hybridized carbons (Fsp3) is 0.227. The Morgan fingerprint density at radius 2 is 1.64 bits per heavy atom. The van der Waals surface area contributed by atoms with Gasteiger partial charge in [0.15, 0.2) is 17.1 Å². The largest absolute Gasteiger partial charge is 0.490 e. The molecule has 0 aliphatic carbocycles. The fourth-order valence-corrected chi connectivity index (χ4v) is 3.13. The highest BCUT2D eigenvalue weighted by Gasteiger charge is 2.33. The average molecular weight is 379 g/mol. The lowest BCUT2D eigenvalue weighted by molar-refractivity contribution is -0.117. The van der Waals surface area contributed by atoms with Gasteiger partial charge in [-0.3, -0.25) is 4.79 Å². The zero-order chi connectivity index (χ0) is 19.6. The fourth-order valence-electron chi connectivity index (χ4n) is 3.13. The summed E-state index contributed by atoms with van der Waals surface area (Å²) in [6, 6.07) is 18.7. The van der Waals surface area contributed by atoms with Crippen molar-refractivity contribution in [3.05, 3.63) is 66.2 Å². The quantitative estimate of drug-likeness (QED) is 0.711. The Kier molecular flexibility index (Phi) is 4.79. The summed E-state index contributed by atoms with van der Waals surface area (Å²) in [6.45, 7) is 0.189. The molecule has 6 heteroatoms. The van der Waals surface area contributed by atoms with Gasteiger partial charge in [-0.2, -0.15) is 0 Å². The van der Waals surface area contributed by atoms with E-state index in [-0.39, 0.29) is 32.1 Å². The Morgan fingerprint density at radius 3 is 2.32 bits per heavy atom. The Balaban J connectivity index is 1.44. The third-order valence-electron chi connectivity index (χ3n) is 4.60. The number of primary amides is 1. The van der Waals surface area contributed by atoms with Crippen LogP contribution in [-0.4, -0.2) is 36.4 Å². The Hall–Kier alpha value is -3.25. The summed E-state index contributed by atoms with van der Waals surface area (Å²) >= 11 is 0. The number of aliphatic hydroxyl groups is 1. The maximum atomic E-state index is 11.1. The van der Waals surface area contributed by atoms with Crippen LogP contribution in [-0.2, 0) is 11.2 Å². The summed E-state index contributed by atoms with van der Waals surface area (Å²) in [4.78, 5) is 11.1. The molecular formula is C22H21NO5. The second-order valence-electron chi connectivity index (χ2n) is 7.02. The van der Waals surface area contributed by atoms with Gasteiger partial charge in [-0.05, 0) is 40.6 Å². The lowest BCUT2D eigenvalue weighted by Gasteiger charge is -2.25. The molecular weight excluding hydrogens is 358 g/mol. The minimum Gasteiger partial charge on any atom is -0.490 e. The van der Waals surface area contributed by atoms with E-state index < -0.39 is 5.60 Å². The number of hydrogen-bond acceptors (Lipinski definition) is 5. The second kappa shape index (κ2) is 7.40. The van der Waals surface area contributed by atoms with Crippen molar-refractivity contribution in [1.82, 2.24) is 0 Å². The first kappa shape index (κ1) is 18.1. The third-order valence-corrected chi connectivity index (χ3v) is 4.60. The zero-order valence-electron chi connectivity index (χ0n) is 15.3. The first-order chi connectivity index (χ1) is 13.5. The highest BCUT2D eigenvalue weighted by molar-refractivity contribution is 5.86. The first-order valence-electron chi connectivity index (χ1n) is 9.02. The van der Waals surface area contributed by atoms with E-state index in [4.69, 9.17) is 19.9 Å². The van der Waals surface area contributed by atoms with Gasteiger partial charge in [-0.1, -0.05) is 36.4 Å². The molecule has 3 N–H and O–H groups in total. The number of fused-ring (bicyclic) bond motifs is 2. The maximum absolute atomic E-state index is 11.1. The molecule has 1 aliphatic rings. The highest BCUT2D eigenvalue weighted by Crippen LogP contribution is 2.31. The molecule has 0 bridgehead atoms. The second-order valence-corrected chi connectivity index (χ2v) is 7.02. The van der Waals surface area contributed by atoms with Gasteiger partial charge < -0.3 is 25.1 Å². The molecule has 144 valence electrons. The molecule has 6 nitrogen and oxygen atoms in total. The molecule has 0 saturated carbocycles. The topological polar surface area (TPSA) is 91.0 Å². The van der Waals surface area contributed by atoms with Crippen LogP contribution in [0.4, 0.5) is 0 Å². The third kappa shape index (κ3) is 4.02. The summed E-state index contributed by atoms with van der Waals surface area (Å²) in [6.07, 6.45) is 0.212. The molecule has 0 radical (unpaired) electrons. The van der Waals surface area contributed by atoms with Gasteiger partial charge in [0.1, 0.15) is 25.6 Å². The van der Waals surface area contributed by atoms with Crippen molar-refractivity contribution in [2.24, 2.45) is 5.73 Å². The van der Waals surface area contributed by atoms with E-state index in [1.54, 1.807) is 12.1 Å². The number of amides is 1. The molecule has 4 rings (SSSR count). The first-order valence-corrected chi connectivity index (χ1v) is 9.02. The van der Waals surface area contributed by atoms with E-state index in [1.807, 2.05) is 48.5 Å². The predicted molar refractivity (Wildman–Crippen MR) is 105 cm³/mol. The van der Waals surface area contributed by atoms with Crippen LogP contribution >= 0.6 is 0 Å². The molecule has 28 heavy (non-hydrogen) atoms. The number of carbonyl (C=O) groups is 1. The summed E-state index contributed by atoms with van der Waals surface area (Å²) < 4.78 is 17.2. The predicted octanol–water partition coefficient (Wildman–Crippen LogP) is 2.45. The highest BCUT2D eigenvalue weighted by atomic mass is 16.6. The van der Waals surface area contributed by atoms with Crippen LogP contribution in [0.1, 0.15) is 5.56 Å². The summed E-state index contributed by atoms with van der Waals surface area (Å²) in [5.41, 5.74) is 4.86. The van der Waals surface area contributed by atoms with E-state index in [1.165, 1.54) is 0 Å². The summed E-state index contributed by atoms with van der Waals surface area (Å²) in [7, 11) is 0. The van der Waals surface area contributed by atoms with Gasteiger partial charge in [-0.15, -0.1) is 0 Å². The molecule has 3 aromatic rings. The molecule has 1 heterocycles. The lowest BCUT2D eigenvalue weighted by Crippen LogP contribution is -2.46. The van der Waals surface area contributed by atoms with E-state index in [9.17, 15) is 9.90 Å². The van der Waals surface area contributed by atoms with Crippen LogP contribution in [0.5, 0.6) is 17.2 Å². The number of benzene rings is 3. The van der Waals surface area contributed by atoms with E-state index in [0.29, 0.717) is 17.2 Å². The van der Waals surface area contributed by atoms with Crippen molar-refractivity contribution >= 4 is 16.7 Å². The van der Waals surface area contributed by atoms with Gasteiger partial charge in [0.25, 0.3) is 0 Å². The van der Waals surface area contributed by atoms with E-state index in [0.717, 1.165) is 16.3 Å². The number of ether oxygens (including phenoxy) is 3. The van der Waals surface area contributed by atoms with Crippen LogP contribution in [0, 0.1) is 0 Å². The number of nitrogens with two attached hydrogens (primary N) is 1. The summed E-state index contributed by atoms with van der Waals surface area (Å²) in [5.74, 6) is 1.49. The van der Waals surface area contributed by atoms with Crippen LogP contribution in [0.3, 0.4) is 0 Å². The van der Waals surface area contributed by atoms with Crippen molar-refractivity contribution < 1.29 is 24.1 Å². The standard InChI is InChI=1S/C22H21NO5/c23-21(24)10-15-5-6-17-11-18(8-7-16(17)9-15)26-12-22(25)13-27-19-3-1-2-4-20(19)28-14-22/h1-9,11,25H,10,12-14H2,(H2,23,24). The molecule has 0 unspecified atom stereocenters. The van der Waals surface area contributed by atoms with Gasteiger partial charge in [0, 0.05) is 0 Å². The molecule has 1 aliphatic heterocycles. The van der Waals surface area contributed by atoms with Gasteiger partial charge >= 0.3 is 0 Å². The SMILES string of the molecule is NC(=O)Cc1ccc2cc(OCC3(O)COc4ccccc4OC3)ccc2c1. The molecule has 1 amide bonds. The van der Waals surface area contributed by atoms with Crippen LogP contribution in [0.2, 0.25) is 0 Å². The smallest absolute Gasteiger partial charge is 0.221 e. The Labute approximate surface area is 162 Å². The van der Waals surface area contributed by atoms with Crippen LogP contribution in [0.25, 0.3) is 10.8 Å². The Bertz CT molecular complexity index is 990. The molecule has 0 fully saturated rings.